The Balaban J connectivity index is 2.74. The third-order valence-corrected chi connectivity index (χ3v) is 2.32. The highest BCUT2D eigenvalue weighted by atomic mass is 19.4. The summed E-state index contributed by atoms with van der Waals surface area (Å²) in [6, 6.07) is 5.47. The Kier molecular flexibility index (Phi) is 5.28. The molecule has 0 saturated carbocycles. The lowest BCUT2D eigenvalue weighted by atomic mass is 10.1. The Morgan fingerprint density at radius 2 is 1.76 bits per heavy atom. The molecule has 0 aliphatic carbocycles. The lowest BCUT2D eigenvalue weighted by Crippen LogP contribution is -2.29. The molecular formula is C12H12F3N3O3. The summed E-state index contributed by atoms with van der Waals surface area (Å²) in [5.41, 5.74) is 3.06. The Labute approximate surface area is 118 Å². The number of hydrogen-bond donors (Lipinski definition) is 2. The van der Waals surface area contributed by atoms with Crippen LogP contribution >= 0.6 is 0 Å². The Hall–Kier alpha value is -2.58. The van der Waals surface area contributed by atoms with Crippen LogP contribution in [0.1, 0.15) is 12.5 Å². The van der Waals surface area contributed by atoms with E-state index in [0.717, 1.165) is 0 Å². The molecule has 1 aromatic carbocycles. The highest BCUT2D eigenvalue weighted by Crippen LogP contribution is 2.18. The number of nitrogens with zero attached hydrogens (tertiary/aromatic N) is 1. The predicted molar refractivity (Wildman–Crippen MR) is 68.9 cm³/mol. The summed E-state index contributed by atoms with van der Waals surface area (Å²) in [7, 11) is 1.18. The smallest absolute Gasteiger partial charge is 0.452 e. The van der Waals surface area contributed by atoms with E-state index in [4.69, 9.17) is 0 Å². The van der Waals surface area contributed by atoms with Gasteiger partial charge in [-0.3, -0.25) is 4.79 Å². The lowest BCUT2D eigenvalue weighted by Gasteiger charge is -2.08. The van der Waals surface area contributed by atoms with Crippen molar-refractivity contribution >= 4 is 23.4 Å². The molecule has 6 nitrogen and oxygen atoms in total. The normalized spacial score (nSPS) is 11.8. The summed E-state index contributed by atoms with van der Waals surface area (Å²) in [5.74, 6) is -2.05. The van der Waals surface area contributed by atoms with Crippen molar-refractivity contribution in [1.29, 1.82) is 0 Å². The largest absolute Gasteiger partial charge is 0.471 e. The first-order valence-electron chi connectivity index (χ1n) is 5.61. The average molecular weight is 303 g/mol. The van der Waals surface area contributed by atoms with Crippen LogP contribution in [0.15, 0.2) is 29.4 Å². The van der Waals surface area contributed by atoms with Gasteiger partial charge in [-0.15, -0.1) is 0 Å². The molecule has 1 rings (SSSR count). The number of rotatable bonds is 3. The number of hydrogen-bond acceptors (Lipinski definition) is 4. The maximum atomic E-state index is 12.1. The number of carbonyl (C=O) groups excluding carboxylic acids is 2. The molecule has 0 spiro atoms. The van der Waals surface area contributed by atoms with Crippen LogP contribution in [-0.4, -0.2) is 31.0 Å². The van der Waals surface area contributed by atoms with E-state index in [-0.39, 0.29) is 5.69 Å². The molecule has 0 aliphatic heterocycles. The summed E-state index contributed by atoms with van der Waals surface area (Å²) in [6.45, 7) is 1.58. The number of anilines is 1. The van der Waals surface area contributed by atoms with E-state index in [1.165, 1.54) is 31.4 Å². The predicted octanol–water partition coefficient (Wildman–Crippen LogP) is 2.27. The Bertz CT molecular complexity index is 553. The van der Waals surface area contributed by atoms with Crippen molar-refractivity contribution in [3.05, 3.63) is 29.8 Å². The molecule has 0 fully saturated rings. The minimum atomic E-state index is -4.94. The van der Waals surface area contributed by atoms with E-state index >= 15 is 0 Å². The molecule has 21 heavy (non-hydrogen) atoms. The van der Waals surface area contributed by atoms with E-state index in [1.54, 1.807) is 12.2 Å². The maximum absolute atomic E-state index is 12.1. The van der Waals surface area contributed by atoms with Gasteiger partial charge in [0.2, 0.25) is 0 Å². The van der Waals surface area contributed by atoms with Crippen molar-refractivity contribution in [3.8, 4) is 0 Å². The monoisotopic (exact) mass is 303 g/mol. The maximum Gasteiger partial charge on any atom is 0.471 e. The van der Waals surface area contributed by atoms with E-state index in [0.29, 0.717) is 11.3 Å². The van der Waals surface area contributed by atoms with Gasteiger partial charge in [-0.05, 0) is 24.6 Å². The van der Waals surface area contributed by atoms with Gasteiger partial charge in [0.1, 0.15) is 0 Å². The molecule has 0 saturated heterocycles. The van der Waals surface area contributed by atoms with Crippen LogP contribution in [0.25, 0.3) is 0 Å². The Morgan fingerprint density at radius 1 is 1.19 bits per heavy atom. The SMILES string of the molecule is COC(=O)N/N=C(/C)c1ccc(NC(=O)C(F)(F)F)cc1. The molecular weight excluding hydrogens is 291 g/mol. The molecule has 0 aliphatic rings. The molecule has 9 heteroatoms. The van der Waals surface area contributed by atoms with Crippen LogP contribution in [0.4, 0.5) is 23.7 Å². The number of nitrogens with one attached hydrogen (secondary N) is 2. The molecule has 0 bridgehead atoms. The number of benzene rings is 1. The van der Waals surface area contributed by atoms with Gasteiger partial charge in [0.25, 0.3) is 0 Å². The standard InChI is InChI=1S/C12H12F3N3O3/c1-7(17-18-11(20)21-2)8-3-5-9(6-4-8)16-10(19)12(13,14)15/h3-6H,1-2H3,(H,16,19)(H,18,20)/b17-7-. The van der Waals surface area contributed by atoms with Gasteiger partial charge in [0, 0.05) is 5.69 Å². The third kappa shape index (κ3) is 5.13. The first-order chi connectivity index (χ1) is 9.74. The topological polar surface area (TPSA) is 79.8 Å². The molecule has 0 radical (unpaired) electrons. The summed E-state index contributed by atoms with van der Waals surface area (Å²) in [4.78, 5) is 21.6. The van der Waals surface area contributed by atoms with Crippen molar-refractivity contribution in [1.82, 2.24) is 5.43 Å². The Morgan fingerprint density at radius 3 is 2.24 bits per heavy atom. The molecule has 1 aromatic rings. The van der Waals surface area contributed by atoms with Crippen LogP contribution < -0.4 is 10.7 Å². The first kappa shape index (κ1) is 16.5. The number of halogens is 3. The van der Waals surface area contributed by atoms with Crippen LogP contribution in [-0.2, 0) is 9.53 Å². The highest BCUT2D eigenvalue weighted by Gasteiger charge is 2.38. The fourth-order valence-electron chi connectivity index (χ4n) is 1.24. The van der Waals surface area contributed by atoms with Crippen LogP contribution in [0.3, 0.4) is 0 Å². The molecule has 2 amide bonds. The summed E-state index contributed by atoms with van der Waals surface area (Å²) < 4.78 is 40.5. The van der Waals surface area contributed by atoms with Crippen LogP contribution in [0, 0.1) is 0 Å². The molecule has 0 heterocycles. The summed E-state index contributed by atoms with van der Waals surface area (Å²) in [5, 5.41) is 5.43. The van der Waals surface area contributed by atoms with E-state index in [1.807, 2.05) is 0 Å². The molecule has 0 aromatic heterocycles. The summed E-state index contributed by atoms with van der Waals surface area (Å²) >= 11 is 0. The van der Waals surface area contributed by atoms with Crippen LogP contribution in [0.5, 0.6) is 0 Å². The van der Waals surface area contributed by atoms with E-state index in [2.05, 4.69) is 15.3 Å². The quantitative estimate of drug-likeness (QED) is 0.664. The number of carbonyl (C=O) groups is 2. The summed E-state index contributed by atoms with van der Waals surface area (Å²) in [6.07, 6.45) is -5.69. The van der Waals surface area contributed by atoms with Crippen molar-refractivity contribution in [3.63, 3.8) is 0 Å². The lowest BCUT2D eigenvalue weighted by molar-refractivity contribution is -0.167. The number of ether oxygens (including phenoxy) is 1. The number of alkyl halides is 3. The fourth-order valence-corrected chi connectivity index (χ4v) is 1.24. The van der Waals surface area contributed by atoms with Crippen molar-refractivity contribution in [2.45, 2.75) is 13.1 Å². The zero-order valence-corrected chi connectivity index (χ0v) is 11.1. The van der Waals surface area contributed by atoms with Gasteiger partial charge in [0.15, 0.2) is 0 Å². The minimum absolute atomic E-state index is 0.00481. The van der Waals surface area contributed by atoms with Gasteiger partial charge >= 0.3 is 18.2 Å². The van der Waals surface area contributed by atoms with E-state index < -0.39 is 18.2 Å². The van der Waals surface area contributed by atoms with Gasteiger partial charge in [-0.2, -0.15) is 18.3 Å². The molecule has 2 N–H and O–H groups in total. The third-order valence-electron chi connectivity index (χ3n) is 2.32. The van der Waals surface area contributed by atoms with Crippen molar-refractivity contribution in [2.24, 2.45) is 5.10 Å². The van der Waals surface area contributed by atoms with E-state index in [9.17, 15) is 22.8 Å². The van der Waals surface area contributed by atoms with Gasteiger partial charge in [-0.1, -0.05) is 12.1 Å². The van der Waals surface area contributed by atoms with Crippen molar-refractivity contribution in [2.75, 3.05) is 12.4 Å². The number of amides is 2. The minimum Gasteiger partial charge on any atom is -0.452 e. The van der Waals surface area contributed by atoms with Gasteiger partial charge in [0.05, 0.1) is 12.8 Å². The van der Waals surface area contributed by atoms with Gasteiger partial charge in [-0.25, -0.2) is 10.2 Å². The highest BCUT2D eigenvalue weighted by molar-refractivity contribution is 6.00. The first-order valence-corrected chi connectivity index (χ1v) is 5.61. The second kappa shape index (κ2) is 6.73. The molecule has 114 valence electrons. The second-order valence-electron chi connectivity index (χ2n) is 3.83. The number of methoxy groups -OCH3 is 1. The molecule has 0 atom stereocenters. The van der Waals surface area contributed by atoms with Gasteiger partial charge < -0.3 is 10.1 Å². The average Bonchev–Trinajstić information content (AvgIpc) is 2.44. The van der Waals surface area contributed by atoms with Crippen LogP contribution in [0.2, 0.25) is 0 Å². The second-order valence-corrected chi connectivity index (χ2v) is 3.83. The molecule has 0 unspecified atom stereocenters. The fraction of sp³-hybridized carbons (Fsp3) is 0.250. The number of hydrazone groups is 1. The zero-order chi connectivity index (χ0) is 16.0. The van der Waals surface area contributed by atoms with Crippen molar-refractivity contribution < 1.29 is 27.5 Å². The zero-order valence-electron chi connectivity index (χ0n) is 11.1.